The van der Waals surface area contributed by atoms with Crippen LogP contribution >= 0.6 is 0 Å². The SMILES string of the molecule is COc1cccc(N2CCN(C(=O)C3(OC)CCNCC3)CC2)c1. The van der Waals surface area contributed by atoms with Crippen LogP contribution in [0.5, 0.6) is 5.75 Å². The molecule has 0 atom stereocenters. The summed E-state index contributed by atoms with van der Waals surface area (Å²) in [6.07, 6.45) is 1.50. The molecule has 6 heteroatoms. The lowest BCUT2D eigenvalue weighted by Crippen LogP contribution is -2.59. The lowest BCUT2D eigenvalue weighted by atomic mass is 9.90. The van der Waals surface area contributed by atoms with Gasteiger partial charge in [-0.1, -0.05) is 6.07 Å². The maximum atomic E-state index is 13.0. The largest absolute Gasteiger partial charge is 0.497 e. The normalized spacial score (nSPS) is 20.8. The molecule has 3 rings (SSSR count). The van der Waals surface area contributed by atoms with Gasteiger partial charge in [0.15, 0.2) is 0 Å². The van der Waals surface area contributed by atoms with Crippen molar-refractivity contribution in [2.75, 3.05) is 58.4 Å². The zero-order chi connectivity index (χ0) is 17.0. The summed E-state index contributed by atoms with van der Waals surface area (Å²) in [5.74, 6) is 1.01. The number of anilines is 1. The van der Waals surface area contributed by atoms with Crippen molar-refractivity contribution in [3.8, 4) is 5.75 Å². The number of nitrogens with one attached hydrogen (secondary N) is 1. The van der Waals surface area contributed by atoms with Crippen LogP contribution in [0.15, 0.2) is 24.3 Å². The molecule has 132 valence electrons. The second-order valence-electron chi connectivity index (χ2n) is 6.43. The van der Waals surface area contributed by atoms with E-state index in [4.69, 9.17) is 9.47 Å². The van der Waals surface area contributed by atoms with Gasteiger partial charge in [-0.3, -0.25) is 4.79 Å². The second-order valence-corrected chi connectivity index (χ2v) is 6.43. The van der Waals surface area contributed by atoms with Crippen molar-refractivity contribution in [2.45, 2.75) is 18.4 Å². The number of amides is 1. The molecule has 1 aromatic rings. The van der Waals surface area contributed by atoms with Crippen LogP contribution in [0.25, 0.3) is 0 Å². The fourth-order valence-electron chi connectivity index (χ4n) is 3.60. The number of piperazine rings is 1. The van der Waals surface area contributed by atoms with Gasteiger partial charge in [-0.25, -0.2) is 0 Å². The van der Waals surface area contributed by atoms with Crippen LogP contribution in [0.1, 0.15) is 12.8 Å². The molecule has 0 spiro atoms. The molecule has 2 aliphatic heterocycles. The van der Waals surface area contributed by atoms with Crippen LogP contribution in [-0.2, 0) is 9.53 Å². The van der Waals surface area contributed by atoms with Crippen LogP contribution in [0.2, 0.25) is 0 Å². The number of carbonyl (C=O) groups is 1. The van der Waals surface area contributed by atoms with Crippen molar-refractivity contribution in [1.82, 2.24) is 10.2 Å². The minimum atomic E-state index is -0.636. The maximum absolute atomic E-state index is 13.0. The van der Waals surface area contributed by atoms with Crippen molar-refractivity contribution >= 4 is 11.6 Å². The van der Waals surface area contributed by atoms with Gasteiger partial charge >= 0.3 is 0 Å². The molecule has 0 radical (unpaired) electrons. The van der Waals surface area contributed by atoms with Crippen LogP contribution in [0.3, 0.4) is 0 Å². The summed E-state index contributed by atoms with van der Waals surface area (Å²) in [4.78, 5) is 17.2. The fraction of sp³-hybridized carbons (Fsp3) is 0.611. The molecule has 2 fully saturated rings. The summed E-state index contributed by atoms with van der Waals surface area (Å²) in [7, 11) is 3.34. The van der Waals surface area contributed by atoms with Crippen molar-refractivity contribution in [3.05, 3.63) is 24.3 Å². The van der Waals surface area contributed by atoms with Crippen LogP contribution in [0, 0.1) is 0 Å². The number of rotatable bonds is 4. The molecular formula is C18H27N3O3. The number of carbonyl (C=O) groups excluding carboxylic acids is 1. The van der Waals surface area contributed by atoms with Crippen molar-refractivity contribution < 1.29 is 14.3 Å². The first-order chi connectivity index (χ1) is 11.7. The summed E-state index contributed by atoms with van der Waals surface area (Å²) in [6.45, 7) is 4.80. The Morgan fingerprint density at radius 3 is 2.46 bits per heavy atom. The van der Waals surface area contributed by atoms with Crippen molar-refractivity contribution in [2.24, 2.45) is 0 Å². The van der Waals surface area contributed by atoms with E-state index >= 15 is 0 Å². The molecule has 0 aromatic heterocycles. The van der Waals surface area contributed by atoms with E-state index in [-0.39, 0.29) is 5.91 Å². The third kappa shape index (κ3) is 3.35. The minimum Gasteiger partial charge on any atom is -0.497 e. The smallest absolute Gasteiger partial charge is 0.255 e. The number of ether oxygens (including phenoxy) is 2. The lowest BCUT2D eigenvalue weighted by Gasteiger charge is -2.42. The van der Waals surface area contributed by atoms with E-state index in [9.17, 15) is 4.79 Å². The Kier molecular flexibility index (Phi) is 5.26. The average Bonchev–Trinajstić information content (AvgIpc) is 2.68. The summed E-state index contributed by atoms with van der Waals surface area (Å²) in [5.41, 5.74) is 0.508. The Balaban J connectivity index is 1.62. The first kappa shape index (κ1) is 17.0. The maximum Gasteiger partial charge on any atom is 0.255 e. The number of piperidine rings is 1. The van der Waals surface area contributed by atoms with E-state index in [0.29, 0.717) is 0 Å². The summed E-state index contributed by atoms with van der Waals surface area (Å²) in [6, 6.07) is 8.08. The minimum absolute atomic E-state index is 0.150. The van der Waals surface area contributed by atoms with Gasteiger partial charge in [0.2, 0.25) is 0 Å². The van der Waals surface area contributed by atoms with Crippen molar-refractivity contribution in [3.63, 3.8) is 0 Å². The first-order valence-corrected chi connectivity index (χ1v) is 8.63. The second kappa shape index (κ2) is 7.40. The van der Waals surface area contributed by atoms with Gasteiger partial charge in [0.05, 0.1) is 7.11 Å². The summed E-state index contributed by atoms with van der Waals surface area (Å²) < 4.78 is 11.0. The predicted octanol–water partition coefficient (Wildman–Crippen LogP) is 1.11. The molecule has 0 unspecified atom stereocenters. The molecule has 1 N–H and O–H groups in total. The highest BCUT2D eigenvalue weighted by Gasteiger charge is 2.42. The molecule has 1 aromatic carbocycles. The number of hydrogen-bond donors (Lipinski definition) is 1. The fourth-order valence-corrected chi connectivity index (χ4v) is 3.60. The highest BCUT2D eigenvalue weighted by Crippen LogP contribution is 2.27. The molecule has 6 nitrogen and oxygen atoms in total. The molecule has 2 saturated heterocycles. The highest BCUT2D eigenvalue weighted by atomic mass is 16.5. The Bertz CT molecular complexity index is 564. The van der Waals surface area contributed by atoms with Crippen molar-refractivity contribution in [1.29, 1.82) is 0 Å². The Morgan fingerprint density at radius 2 is 1.83 bits per heavy atom. The van der Waals surface area contributed by atoms with E-state index in [0.717, 1.165) is 63.5 Å². The molecule has 0 bridgehead atoms. The Hall–Kier alpha value is -1.79. The van der Waals surface area contributed by atoms with Gasteiger partial charge in [0.25, 0.3) is 5.91 Å². The number of methoxy groups -OCH3 is 2. The molecule has 2 aliphatic rings. The molecule has 0 saturated carbocycles. The Morgan fingerprint density at radius 1 is 1.12 bits per heavy atom. The van der Waals surface area contributed by atoms with E-state index in [1.807, 2.05) is 23.1 Å². The molecule has 2 heterocycles. The first-order valence-electron chi connectivity index (χ1n) is 8.63. The third-order valence-corrected chi connectivity index (χ3v) is 5.18. The summed E-state index contributed by atoms with van der Waals surface area (Å²) >= 11 is 0. The topological polar surface area (TPSA) is 54.0 Å². The molecule has 24 heavy (non-hydrogen) atoms. The quantitative estimate of drug-likeness (QED) is 0.895. The standard InChI is InChI=1S/C18H27N3O3/c1-23-16-5-3-4-15(14-16)20-10-12-21(13-11-20)17(22)18(24-2)6-8-19-9-7-18/h3-5,14,19H,6-13H2,1-2H3. The average molecular weight is 333 g/mol. The van der Waals surface area contributed by atoms with E-state index in [1.165, 1.54) is 0 Å². The van der Waals surface area contributed by atoms with Gasteiger partial charge < -0.3 is 24.6 Å². The monoisotopic (exact) mass is 333 g/mol. The highest BCUT2D eigenvalue weighted by molar-refractivity contribution is 5.85. The van der Waals surface area contributed by atoms with Crippen LogP contribution in [-0.4, -0.2) is 69.9 Å². The molecule has 1 amide bonds. The van der Waals surface area contributed by atoms with E-state index < -0.39 is 5.60 Å². The number of nitrogens with zero attached hydrogens (tertiary/aromatic N) is 2. The van der Waals surface area contributed by atoms with Gasteiger partial charge in [-0.05, 0) is 38.1 Å². The third-order valence-electron chi connectivity index (χ3n) is 5.18. The predicted molar refractivity (Wildman–Crippen MR) is 93.6 cm³/mol. The zero-order valence-electron chi connectivity index (χ0n) is 14.6. The lowest BCUT2D eigenvalue weighted by molar-refractivity contribution is -0.158. The van der Waals surface area contributed by atoms with E-state index in [1.54, 1.807) is 14.2 Å². The Labute approximate surface area is 143 Å². The van der Waals surface area contributed by atoms with Gasteiger partial charge in [-0.2, -0.15) is 0 Å². The van der Waals surface area contributed by atoms with Crippen LogP contribution in [0.4, 0.5) is 5.69 Å². The van der Waals surface area contributed by atoms with Crippen LogP contribution < -0.4 is 15.0 Å². The van der Waals surface area contributed by atoms with Gasteiger partial charge in [0.1, 0.15) is 11.4 Å². The van der Waals surface area contributed by atoms with E-state index in [2.05, 4.69) is 16.3 Å². The summed E-state index contributed by atoms with van der Waals surface area (Å²) in [5, 5.41) is 3.30. The number of hydrogen-bond acceptors (Lipinski definition) is 5. The van der Waals surface area contributed by atoms with Gasteiger partial charge in [0, 0.05) is 45.0 Å². The molecular weight excluding hydrogens is 306 g/mol. The van der Waals surface area contributed by atoms with Gasteiger partial charge in [-0.15, -0.1) is 0 Å². The zero-order valence-corrected chi connectivity index (χ0v) is 14.6. The number of benzene rings is 1. The molecule has 0 aliphatic carbocycles.